The maximum atomic E-state index is 5.54. The van der Waals surface area contributed by atoms with E-state index in [0.29, 0.717) is 5.95 Å². The smallest absolute Gasteiger partial charge is 0.235 e. The van der Waals surface area contributed by atoms with Gasteiger partial charge in [0.2, 0.25) is 5.95 Å². The number of hydrogen-bond acceptors (Lipinski definition) is 3. The molecular formula is C52H29N3S. The summed E-state index contributed by atoms with van der Waals surface area (Å²) in [5.74, 6) is 0.665. The van der Waals surface area contributed by atoms with Crippen molar-refractivity contribution < 1.29 is 0 Å². The van der Waals surface area contributed by atoms with Crippen molar-refractivity contribution in [2.75, 3.05) is 0 Å². The van der Waals surface area contributed by atoms with E-state index in [1.54, 1.807) is 0 Å². The lowest BCUT2D eigenvalue weighted by Gasteiger charge is -2.16. The lowest BCUT2D eigenvalue weighted by molar-refractivity contribution is 1.02. The molecule has 1 aliphatic carbocycles. The van der Waals surface area contributed by atoms with Gasteiger partial charge in [-0.1, -0.05) is 158 Å². The predicted molar refractivity (Wildman–Crippen MR) is 237 cm³/mol. The fourth-order valence-electron chi connectivity index (χ4n) is 9.50. The fraction of sp³-hybridized carbons (Fsp3) is 0. The average molecular weight is 728 g/mol. The van der Waals surface area contributed by atoms with Crippen LogP contribution in [-0.2, 0) is 0 Å². The van der Waals surface area contributed by atoms with Crippen LogP contribution in [0, 0.1) is 0 Å². The van der Waals surface area contributed by atoms with E-state index in [-0.39, 0.29) is 0 Å². The molecule has 0 N–H and O–H groups in total. The van der Waals surface area contributed by atoms with E-state index in [9.17, 15) is 0 Å². The van der Waals surface area contributed by atoms with Gasteiger partial charge in [-0.05, 0) is 61.8 Å². The minimum Gasteiger partial charge on any atom is -0.278 e. The highest BCUT2D eigenvalue weighted by atomic mass is 32.1. The fourth-order valence-corrected chi connectivity index (χ4v) is 10.8. The molecule has 3 aromatic heterocycles. The molecule has 0 bridgehead atoms. The summed E-state index contributed by atoms with van der Waals surface area (Å²) in [5, 5.41) is 12.1. The molecule has 13 rings (SSSR count). The Hall–Kier alpha value is -7.14. The molecule has 0 radical (unpaired) electrons. The van der Waals surface area contributed by atoms with Crippen LogP contribution in [0.5, 0.6) is 0 Å². The lowest BCUT2D eigenvalue weighted by atomic mass is 9.94. The number of para-hydroxylation sites is 1. The van der Waals surface area contributed by atoms with Crippen molar-refractivity contribution >= 4 is 86.4 Å². The standard InChI is InChI=1S/C52H29N3S/c1-2-12-31(13-3-1)49-48-38-19-6-4-16-34(38)35-17-5-7-20-39(35)50(48)54-52(53-49)55-43-23-9-8-18-36(43)37-26-24-32(28-44(37)55)33-25-27-40-45(29-33)56-51-42-22-11-15-30-14-10-21-41(46(30)42)47(40)51/h1-29H. The summed E-state index contributed by atoms with van der Waals surface area (Å²) < 4.78 is 3.59. The van der Waals surface area contributed by atoms with Crippen molar-refractivity contribution in [2.45, 2.75) is 0 Å². The highest BCUT2D eigenvalue weighted by molar-refractivity contribution is 7.23. The van der Waals surface area contributed by atoms with E-state index in [1.807, 2.05) is 11.3 Å². The van der Waals surface area contributed by atoms with Gasteiger partial charge in [0.25, 0.3) is 0 Å². The van der Waals surface area contributed by atoms with Gasteiger partial charge in [-0.3, -0.25) is 4.57 Å². The van der Waals surface area contributed by atoms with Gasteiger partial charge in [0.15, 0.2) is 0 Å². The minimum absolute atomic E-state index is 0.665. The first-order valence-corrected chi connectivity index (χ1v) is 19.9. The van der Waals surface area contributed by atoms with Gasteiger partial charge < -0.3 is 0 Å². The molecule has 0 aliphatic heterocycles. The van der Waals surface area contributed by atoms with Gasteiger partial charge in [0.1, 0.15) is 0 Å². The topological polar surface area (TPSA) is 30.7 Å². The monoisotopic (exact) mass is 727 g/mol. The molecule has 9 aromatic carbocycles. The van der Waals surface area contributed by atoms with E-state index < -0.39 is 0 Å². The number of benzene rings is 9. The molecular weight excluding hydrogens is 699 g/mol. The Labute approximate surface area is 325 Å². The zero-order chi connectivity index (χ0) is 36.5. The second-order valence-electron chi connectivity index (χ2n) is 14.9. The van der Waals surface area contributed by atoms with Crippen LogP contribution >= 0.6 is 11.3 Å². The first kappa shape index (κ1) is 30.2. The molecule has 0 fully saturated rings. The maximum Gasteiger partial charge on any atom is 0.235 e. The van der Waals surface area contributed by atoms with Gasteiger partial charge >= 0.3 is 0 Å². The summed E-state index contributed by atoms with van der Waals surface area (Å²) in [6.45, 7) is 0. The van der Waals surface area contributed by atoms with E-state index in [0.717, 1.165) is 44.0 Å². The van der Waals surface area contributed by atoms with Crippen molar-refractivity contribution in [3.63, 3.8) is 0 Å². The Morgan fingerprint density at radius 1 is 0.411 bits per heavy atom. The average Bonchev–Trinajstić information content (AvgIpc) is 3.91. The molecule has 0 spiro atoms. The van der Waals surface area contributed by atoms with Crippen molar-refractivity contribution in [1.29, 1.82) is 0 Å². The minimum atomic E-state index is 0.665. The number of aromatic nitrogens is 3. The van der Waals surface area contributed by atoms with E-state index in [4.69, 9.17) is 9.97 Å². The molecule has 0 amide bonds. The van der Waals surface area contributed by atoms with Crippen molar-refractivity contribution in [2.24, 2.45) is 0 Å². The Balaban J connectivity index is 1.07. The van der Waals surface area contributed by atoms with Crippen molar-refractivity contribution in [3.8, 4) is 49.9 Å². The highest BCUT2D eigenvalue weighted by Crippen LogP contribution is 2.54. The highest BCUT2D eigenvalue weighted by Gasteiger charge is 2.26. The van der Waals surface area contributed by atoms with Crippen LogP contribution in [0.2, 0.25) is 0 Å². The van der Waals surface area contributed by atoms with Crippen LogP contribution in [0.15, 0.2) is 176 Å². The molecule has 0 saturated carbocycles. The Morgan fingerprint density at radius 2 is 1.05 bits per heavy atom. The summed E-state index contributed by atoms with van der Waals surface area (Å²) in [7, 11) is 0. The lowest BCUT2D eigenvalue weighted by Crippen LogP contribution is -2.04. The second kappa shape index (κ2) is 11.2. The molecule has 1 aliphatic rings. The van der Waals surface area contributed by atoms with E-state index >= 15 is 0 Å². The van der Waals surface area contributed by atoms with Crippen LogP contribution in [0.1, 0.15) is 0 Å². The van der Waals surface area contributed by atoms with Crippen LogP contribution < -0.4 is 0 Å². The summed E-state index contributed by atoms with van der Waals surface area (Å²) in [5.41, 5.74) is 11.6. The van der Waals surface area contributed by atoms with Crippen LogP contribution in [0.4, 0.5) is 0 Å². The van der Waals surface area contributed by atoms with Crippen molar-refractivity contribution in [3.05, 3.63) is 176 Å². The summed E-state index contributed by atoms with van der Waals surface area (Å²) in [6, 6.07) is 63.8. The van der Waals surface area contributed by atoms with Gasteiger partial charge in [0.05, 0.1) is 22.2 Å². The second-order valence-corrected chi connectivity index (χ2v) is 15.9. The largest absolute Gasteiger partial charge is 0.278 e. The first-order valence-electron chi connectivity index (χ1n) is 19.1. The van der Waals surface area contributed by atoms with Gasteiger partial charge in [-0.2, -0.15) is 0 Å². The van der Waals surface area contributed by atoms with Crippen molar-refractivity contribution in [1.82, 2.24) is 14.5 Å². The molecule has 12 aromatic rings. The molecule has 3 heterocycles. The maximum absolute atomic E-state index is 5.54. The molecule has 0 atom stereocenters. The number of nitrogens with zero attached hydrogens (tertiary/aromatic N) is 3. The zero-order valence-electron chi connectivity index (χ0n) is 30.0. The van der Waals surface area contributed by atoms with Gasteiger partial charge in [-0.25, -0.2) is 9.97 Å². The Morgan fingerprint density at radius 3 is 1.88 bits per heavy atom. The molecule has 4 heteroatoms. The Bertz CT molecular complexity index is 3640. The molecule has 56 heavy (non-hydrogen) atoms. The summed E-state index contributed by atoms with van der Waals surface area (Å²) >= 11 is 1.91. The molecule has 0 unspecified atom stereocenters. The summed E-state index contributed by atoms with van der Waals surface area (Å²) in [6.07, 6.45) is 0. The SMILES string of the molecule is c1ccc(-c2nc(-n3c4ccccc4c4ccc(-c5ccc6c7c(sc6c5)-c5cccc6cccc-7c56)cc43)nc3c4ccccc4c4ccccc4c23)cc1. The first-order chi connectivity index (χ1) is 27.8. The van der Waals surface area contributed by atoms with Gasteiger partial charge in [-0.15, -0.1) is 11.3 Å². The quantitative estimate of drug-likeness (QED) is 0.170. The van der Waals surface area contributed by atoms with Crippen LogP contribution in [0.3, 0.4) is 0 Å². The number of rotatable bonds is 3. The van der Waals surface area contributed by atoms with Crippen LogP contribution in [-0.4, -0.2) is 14.5 Å². The Kier molecular flexibility index (Phi) is 6.04. The van der Waals surface area contributed by atoms with Crippen LogP contribution in [0.25, 0.3) is 125 Å². The molecule has 3 nitrogen and oxygen atoms in total. The molecule has 0 saturated heterocycles. The summed E-state index contributed by atoms with van der Waals surface area (Å²) in [4.78, 5) is 12.4. The van der Waals surface area contributed by atoms with E-state index in [2.05, 4.69) is 180 Å². The third kappa shape index (κ3) is 4.06. The number of hydrogen-bond donors (Lipinski definition) is 0. The number of fused-ring (bicyclic) bond motifs is 14. The third-order valence-corrected chi connectivity index (χ3v) is 13.1. The zero-order valence-corrected chi connectivity index (χ0v) is 30.8. The normalized spacial score (nSPS) is 12.3. The van der Waals surface area contributed by atoms with Gasteiger partial charge in [0, 0.05) is 53.2 Å². The predicted octanol–water partition coefficient (Wildman–Crippen LogP) is 14.4. The third-order valence-electron chi connectivity index (χ3n) is 11.9. The number of thiophene rings is 1. The van der Waals surface area contributed by atoms with E-state index in [1.165, 1.54) is 75.1 Å². The molecule has 258 valence electrons.